The van der Waals surface area contributed by atoms with Gasteiger partial charge in [0.05, 0.1) is 11.4 Å². The van der Waals surface area contributed by atoms with E-state index in [0.29, 0.717) is 19.0 Å². The Labute approximate surface area is 117 Å². The van der Waals surface area contributed by atoms with E-state index in [9.17, 15) is 9.59 Å². The van der Waals surface area contributed by atoms with Crippen molar-refractivity contribution >= 4 is 23.0 Å². The average Bonchev–Trinajstić information content (AvgIpc) is 2.97. The van der Waals surface area contributed by atoms with Crippen LogP contribution in [0.3, 0.4) is 0 Å². The van der Waals surface area contributed by atoms with Crippen molar-refractivity contribution in [3.8, 4) is 0 Å². The molecule has 0 aromatic carbocycles. The Morgan fingerprint density at radius 1 is 1.42 bits per heavy atom. The summed E-state index contributed by atoms with van der Waals surface area (Å²) in [5.41, 5.74) is 0. The standard InChI is InChI=1S/C14H18N2O2S/c1-10-2-4-13(19-10)12(17)9-15-6-7-16-11(8-15)3-5-14(16)18/h2,4,11H,3,5-9H2,1H3. The molecule has 1 atom stereocenters. The van der Waals surface area contributed by atoms with E-state index in [-0.39, 0.29) is 11.7 Å². The summed E-state index contributed by atoms with van der Waals surface area (Å²) in [5, 5.41) is 0. The number of fused-ring (bicyclic) bond motifs is 1. The summed E-state index contributed by atoms with van der Waals surface area (Å²) in [7, 11) is 0. The molecule has 2 fully saturated rings. The van der Waals surface area contributed by atoms with E-state index in [0.717, 1.165) is 30.9 Å². The van der Waals surface area contributed by atoms with Crippen LogP contribution in [0.1, 0.15) is 27.4 Å². The highest BCUT2D eigenvalue weighted by Crippen LogP contribution is 2.23. The minimum Gasteiger partial charge on any atom is -0.337 e. The maximum absolute atomic E-state index is 12.2. The van der Waals surface area contributed by atoms with E-state index >= 15 is 0 Å². The van der Waals surface area contributed by atoms with E-state index in [2.05, 4.69) is 4.90 Å². The summed E-state index contributed by atoms with van der Waals surface area (Å²) in [5.74, 6) is 0.487. The molecule has 3 rings (SSSR count). The summed E-state index contributed by atoms with van der Waals surface area (Å²) in [4.78, 5) is 30.0. The number of hydrogen-bond acceptors (Lipinski definition) is 4. The molecule has 0 radical (unpaired) electrons. The summed E-state index contributed by atoms with van der Waals surface area (Å²) in [6.07, 6.45) is 1.62. The minimum absolute atomic E-state index is 0.205. The number of aryl methyl sites for hydroxylation is 1. The molecule has 1 aromatic heterocycles. The van der Waals surface area contributed by atoms with E-state index in [1.165, 1.54) is 4.88 Å². The molecule has 1 aromatic rings. The molecule has 19 heavy (non-hydrogen) atoms. The van der Waals surface area contributed by atoms with Crippen molar-refractivity contribution in [1.29, 1.82) is 0 Å². The number of thiophene rings is 1. The molecule has 4 nitrogen and oxygen atoms in total. The molecular formula is C14H18N2O2S. The maximum Gasteiger partial charge on any atom is 0.222 e. The molecule has 1 unspecified atom stereocenters. The number of rotatable bonds is 3. The largest absolute Gasteiger partial charge is 0.337 e. The number of amides is 1. The van der Waals surface area contributed by atoms with E-state index in [1.54, 1.807) is 11.3 Å². The van der Waals surface area contributed by atoms with Crippen molar-refractivity contribution in [3.05, 3.63) is 21.9 Å². The highest BCUT2D eigenvalue weighted by Gasteiger charge is 2.35. The Balaban J connectivity index is 1.59. The fourth-order valence-corrected chi connectivity index (χ4v) is 3.74. The molecule has 5 heteroatoms. The Kier molecular flexibility index (Phi) is 3.41. The predicted molar refractivity (Wildman–Crippen MR) is 74.6 cm³/mol. The van der Waals surface area contributed by atoms with Gasteiger partial charge in [0.25, 0.3) is 0 Å². The van der Waals surface area contributed by atoms with Gasteiger partial charge in [-0.15, -0.1) is 11.3 Å². The summed E-state index contributed by atoms with van der Waals surface area (Å²) >= 11 is 1.56. The van der Waals surface area contributed by atoms with Gasteiger partial charge >= 0.3 is 0 Å². The molecule has 2 saturated heterocycles. The SMILES string of the molecule is Cc1ccc(C(=O)CN2CCN3C(=O)CCC3C2)s1. The van der Waals surface area contributed by atoms with Gasteiger partial charge in [0, 0.05) is 37.0 Å². The average molecular weight is 278 g/mol. The van der Waals surface area contributed by atoms with E-state index < -0.39 is 0 Å². The Morgan fingerprint density at radius 3 is 3.00 bits per heavy atom. The smallest absolute Gasteiger partial charge is 0.222 e. The lowest BCUT2D eigenvalue weighted by Gasteiger charge is -2.37. The second-order valence-electron chi connectivity index (χ2n) is 5.35. The molecule has 0 spiro atoms. The van der Waals surface area contributed by atoms with Crippen LogP contribution in [0.25, 0.3) is 0 Å². The highest BCUT2D eigenvalue weighted by molar-refractivity contribution is 7.14. The number of nitrogens with zero attached hydrogens (tertiary/aromatic N) is 2. The maximum atomic E-state index is 12.2. The number of carbonyl (C=O) groups is 2. The number of carbonyl (C=O) groups excluding carboxylic acids is 2. The third kappa shape index (κ3) is 2.58. The van der Waals surface area contributed by atoms with Crippen molar-refractivity contribution in [2.45, 2.75) is 25.8 Å². The first-order chi connectivity index (χ1) is 9.13. The van der Waals surface area contributed by atoms with Gasteiger partial charge in [-0.3, -0.25) is 14.5 Å². The Hall–Kier alpha value is -1.20. The number of ketones is 1. The molecule has 3 heterocycles. The number of piperazine rings is 1. The van der Waals surface area contributed by atoms with Crippen molar-refractivity contribution in [2.24, 2.45) is 0 Å². The van der Waals surface area contributed by atoms with Crippen LogP contribution in [-0.2, 0) is 4.79 Å². The molecular weight excluding hydrogens is 260 g/mol. The molecule has 102 valence electrons. The van der Waals surface area contributed by atoms with Gasteiger partial charge in [-0.05, 0) is 25.5 Å². The molecule has 2 aliphatic rings. The fourth-order valence-electron chi connectivity index (χ4n) is 2.94. The zero-order valence-corrected chi connectivity index (χ0v) is 11.9. The number of Topliss-reactive ketones (excluding diaryl/α,β-unsaturated/α-hetero) is 1. The van der Waals surface area contributed by atoms with Crippen molar-refractivity contribution in [1.82, 2.24) is 9.80 Å². The first-order valence-electron chi connectivity index (χ1n) is 6.75. The summed E-state index contributed by atoms with van der Waals surface area (Å²) < 4.78 is 0. The molecule has 0 bridgehead atoms. The molecule has 0 N–H and O–H groups in total. The molecule has 1 amide bonds. The van der Waals surface area contributed by atoms with Gasteiger partial charge in [0.2, 0.25) is 5.91 Å². The lowest BCUT2D eigenvalue weighted by molar-refractivity contribution is -0.130. The van der Waals surface area contributed by atoms with Gasteiger partial charge in [0.15, 0.2) is 5.78 Å². The quantitative estimate of drug-likeness (QED) is 0.788. The van der Waals surface area contributed by atoms with Crippen LogP contribution in [-0.4, -0.2) is 53.7 Å². The summed E-state index contributed by atoms with van der Waals surface area (Å²) in [6, 6.07) is 4.24. The summed E-state index contributed by atoms with van der Waals surface area (Å²) in [6.45, 7) is 4.95. The lowest BCUT2D eigenvalue weighted by atomic mass is 10.1. The van der Waals surface area contributed by atoms with Gasteiger partial charge in [-0.25, -0.2) is 0 Å². The monoisotopic (exact) mass is 278 g/mol. The second-order valence-corrected chi connectivity index (χ2v) is 6.64. The zero-order chi connectivity index (χ0) is 13.4. The predicted octanol–water partition coefficient (Wildman–Crippen LogP) is 1.55. The van der Waals surface area contributed by atoms with E-state index in [4.69, 9.17) is 0 Å². The highest BCUT2D eigenvalue weighted by atomic mass is 32.1. The van der Waals surface area contributed by atoms with Crippen LogP contribution in [0, 0.1) is 6.92 Å². The van der Waals surface area contributed by atoms with Crippen LogP contribution in [0.4, 0.5) is 0 Å². The normalized spacial score (nSPS) is 23.7. The first kappa shape index (κ1) is 12.8. The van der Waals surface area contributed by atoms with Gasteiger partial charge in [-0.1, -0.05) is 0 Å². The second kappa shape index (κ2) is 5.06. The number of hydrogen-bond donors (Lipinski definition) is 0. The lowest BCUT2D eigenvalue weighted by Crippen LogP contribution is -2.52. The third-order valence-electron chi connectivity index (χ3n) is 3.96. The van der Waals surface area contributed by atoms with Crippen LogP contribution >= 0.6 is 11.3 Å². The van der Waals surface area contributed by atoms with Gasteiger partial charge in [0.1, 0.15) is 0 Å². The first-order valence-corrected chi connectivity index (χ1v) is 7.56. The minimum atomic E-state index is 0.205. The molecule has 2 aliphatic heterocycles. The van der Waals surface area contributed by atoms with Gasteiger partial charge < -0.3 is 4.90 Å². The van der Waals surface area contributed by atoms with Crippen molar-refractivity contribution < 1.29 is 9.59 Å². The van der Waals surface area contributed by atoms with Crippen molar-refractivity contribution in [3.63, 3.8) is 0 Å². The van der Waals surface area contributed by atoms with Crippen LogP contribution < -0.4 is 0 Å². The topological polar surface area (TPSA) is 40.6 Å². The molecule has 0 saturated carbocycles. The molecule has 0 aliphatic carbocycles. The Bertz CT molecular complexity index is 511. The van der Waals surface area contributed by atoms with Crippen molar-refractivity contribution in [2.75, 3.05) is 26.2 Å². The zero-order valence-electron chi connectivity index (χ0n) is 11.1. The van der Waals surface area contributed by atoms with Crippen LogP contribution in [0.5, 0.6) is 0 Å². The van der Waals surface area contributed by atoms with E-state index in [1.807, 2.05) is 24.0 Å². The third-order valence-corrected chi connectivity index (χ3v) is 5.00. The van der Waals surface area contributed by atoms with Crippen LogP contribution in [0.2, 0.25) is 0 Å². The van der Waals surface area contributed by atoms with Gasteiger partial charge in [-0.2, -0.15) is 0 Å². The van der Waals surface area contributed by atoms with Crippen LogP contribution in [0.15, 0.2) is 12.1 Å². The fraction of sp³-hybridized carbons (Fsp3) is 0.571. The Morgan fingerprint density at radius 2 is 2.26 bits per heavy atom.